The van der Waals surface area contributed by atoms with Gasteiger partial charge in [-0.3, -0.25) is 4.79 Å². The van der Waals surface area contributed by atoms with Gasteiger partial charge in [0, 0.05) is 31.7 Å². The molecule has 1 aromatic heterocycles. The number of rotatable bonds is 5. The van der Waals surface area contributed by atoms with Gasteiger partial charge in [0.15, 0.2) is 0 Å². The second-order valence-electron chi connectivity index (χ2n) is 7.11. The second kappa shape index (κ2) is 8.71. The van der Waals surface area contributed by atoms with Crippen molar-refractivity contribution < 1.29 is 17.6 Å². The minimum Gasteiger partial charge on any atom is -0.444 e. The topological polar surface area (TPSA) is 108 Å². The van der Waals surface area contributed by atoms with Crippen LogP contribution in [-0.4, -0.2) is 54.7 Å². The molecule has 1 fully saturated rings. The third-order valence-electron chi connectivity index (χ3n) is 5.12. The average molecular weight is 436 g/mol. The third-order valence-corrected chi connectivity index (χ3v) is 7.03. The first kappa shape index (κ1) is 20.8. The third kappa shape index (κ3) is 4.50. The molecule has 31 heavy (non-hydrogen) atoms. The van der Waals surface area contributed by atoms with Gasteiger partial charge in [-0.25, -0.2) is 13.4 Å². The van der Waals surface area contributed by atoms with Gasteiger partial charge in [-0.1, -0.05) is 18.2 Å². The maximum atomic E-state index is 12.8. The van der Waals surface area contributed by atoms with Gasteiger partial charge < -0.3 is 9.32 Å². The summed E-state index contributed by atoms with van der Waals surface area (Å²) in [5.41, 5.74) is 1.77. The zero-order valence-electron chi connectivity index (χ0n) is 16.6. The largest absolute Gasteiger partial charge is 0.444 e. The molecule has 0 N–H and O–H groups in total. The van der Waals surface area contributed by atoms with E-state index in [1.165, 1.54) is 34.8 Å². The van der Waals surface area contributed by atoms with Gasteiger partial charge >= 0.3 is 0 Å². The Balaban J connectivity index is 1.36. The number of piperazine rings is 1. The van der Waals surface area contributed by atoms with Crippen LogP contribution in [-0.2, 0) is 21.2 Å². The molecular formula is C22H20N4O4S. The van der Waals surface area contributed by atoms with Gasteiger partial charge in [0.05, 0.1) is 28.6 Å². The van der Waals surface area contributed by atoms with Gasteiger partial charge in [-0.15, -0.1) is 0 Å². The van der Waals surface area contributed by atoms with Crippen LogP contribution in [0.2, 0.25) is 0 Å². The number of aromatic nitrogens is 1. The number of oxazole rings is 1. The summed E-state index contributed by atoms with van der Waals surface area (Å²) in [5.74, 6) is 0.338. The molecular weight excluding hydrogens is 416 g/mol. The first-order chi connectivity index (χ1) is 15.0. The number of sulfonamides is 1. The van der Waals surface area contributed by atoms with E-state index in [1.807, 2.05) is 36.4 Å². The van der Waals surface area contributed by atoms with Gasteiger partial charge in [0.1, 0.15) is 6.26 Å². The van der Waals surface area contributed by atoms with E-state index in [2.05, 4.69) is 4.98 Å². The molecule has 1 aliphatic heterocycles. The highest BCUT2D eigenvalue weighted by molar-refractivity contribution is 7.89. The van der Waals surface area contributed by atoms with Crippen LogP contribution in [0.15, 0.2) is 70.2 Å². The van der Waals surface area contributed by atoms with E-state index >= 15 is 0 Å². The molecule has 0 bridgehead atoms. The van der Waals surface area contributed by atoms with E-state index in [4.69, 9.17) is 9.68 Å². The van der Waals surface area contributed by atoms with Crippen molar-refractivity contribution >= 4 is 15.9 Å². The van der Waals surface area contributed by atoms with Crippen molar-refractivity contribution in [1.29, 1.82) is 5.26 Å². The molecule has 8 nitrogen and oxygen atoms in total. The Morgan fingerprint density at radius 1 is 1.03 bits per heavy atom. The molecule has 1 amide bonds. The standard InChI is InChI=1S/C22H20N4O4S/c23-15-17-6-8-20(9-7-17)31(28,29)26-12-10-25(11-13-26)21(27)14-19-16-30-22(24-19)18-4-2-1-3-5-18/h1-9,16H,10-14H2. The number of hydrogen-bond donors (Lipinski definition) is 0. The summed E-state index contributed by atoms with van der Waals surface area (Å²) < 4.78 is 32.5. The molecule has 0 radical (unpaired) electrons. The van der Waals surface area contributed by atoms with E-state index in [0.29, 0.717) is 30.2 Å². The van der Waals surface area contributed by atoms with Crippen LogP contribution in [0.4, 0.5) is 0 Å². The zero-order chi connectivity index (χ0) is 21.8. The summed E-state index contributed by atoms with van der Waals surface area (Å²) in [4.78, 5) is 18.8. The number of nitriles is 1. The van der Waals surface area contributed by atoms with Crippen molar-refractivity contribution in [3.63, 3.8) is 0 Å². The van der Waals surface area contributed by atoms with Crippen LogP contribution in [0, 0.1) is 11.3 Å². The highest BCUT2D eigenvalue weighted by atomic mass is 32.2. The molecule has 2 aromatic carbocycles. The predicted molar refractivity (Wildman–Crippen MR) is 112 cm³/mol. The Hall–Kier alpha value is -3.48. The Labute approximate surface area is 180 Å². The highest BCUT2D eigenvalue weighted by Crippen LogP contribution is 2.20. The number of nitrogens with zero attached hydrogens (tertiary/aromatic N) is 4. The molecule has 158 valence electrons. The Morgan fingerprint density at radius 2 is 1.71 bits per heavy atom. The summed E-state index contributed by atoms with van der Waals surface area (Å²) in [5, 5.41) is 8.87. The number of carbonyl (C=O) groups is 1. The Kier molecular flexibility index (Phi) is 5.84. The van der Waals surface area contributed by atoms with Gasteiger partial charge in [0.2, 0.25) is 21.8 Å². The van der Waals surface area contributed by atoms with Crippen molar-refractivity contribution in [3.05, 3.63) is 72.1 Å². The highest BCUT2D eigenvalue weighted by Gasteiger charge is 2.30. The molecule has 0 spiro atoms. The number of benzene rings is 2. The molecule has 0 atom stereocenters. The lowest BCUT2D eigenvalue weighted by Gasteiger charge is -2.34. The van der Waals surface area contributed by atoms with Crippen LogP contribution in [0.25, 0.3) is 11.5 Å². The second-order valence-corrected chi connectivity index (χ2v) is 9.05. The molecule has 3 aromatic rings. The summed E-state index contributed by atoms with van der Waals surface area (Å²) in [6, 6.07) is 17.2. The minimum atomic E-state index is -3.66. The fourth-order valence-electron chi connectivity index (χ4n) is 3.40. The number of hydrogen-bond acceptors (Lipinski definition) is 6. The molecule has 1 aliphatic rings. The van der Waals surface area contributed by atoms with Crippen LogP contribution in [0.1, 0.15) is 11.3 Å². The van der Waals surface area contributed by atoms with Crippen molar-refractivity contribution in [2.75, 3.05) is 26.2 Å². The van der Waals surface area contributed by atoms with E-state index in [1.54, 1.807) is 4.90 Å². The minimum absolute atomic E-state index is 0.0959. The quantitative estimate of drug-likeness (QED) is 0.607. The van der Waals surface area contributed by atoms with Crippen LogP contribution >= 0.6 is 0 Å². The lowest BCUT2D eigenvalue weighted by atomic mass is 10.2. The summed E-state index contributed by atoms with van der Waals surface area (Å²) >= 11 is 0. The fourth-order valence-corrected chi connectivity index (χ4v) is 4.82. The van der Waals surface area contributed by atoms with Crippen molar-refractivity contribution in [2.45, 2.75) is 11.3 Å². The zero-order valence-corrected chi connectivity index (χ0v) is 17.5. The lowest BCUT2D eigenvalue weighted by Crippen LogP contribution is -2.50. The maximum absolute atomic E-state index is 12.8. The first-order valence-corrected chi connectivity index (χ1v) is 11.2. The molecule has 0 unspecified atom stereocenters. The Morgan fingerprint density at radius 3 is 2.35 bits per heavy atom. The first-order valence-electron chi connectivity index (χ1n) is 9.75. The van der Waals surface area contributed by atoms with Crippen LogP contribution in [0.5, 0.6) is 0 Å². The molecule has 2 heterocycles. The van der Waals surface area contributed by atoms with Crippen molar-refractivity contribution in [2.24, 2.45) is 0 Å². The fraction of sp³-hybridized carbons (Fsp3) is 0.227. The van der Waals surface area contributed by atoms with E-state index < -0.39 is 10.0 Å². The molecule has 4 rings (SSSR count). The van der Waals surface area contributed by atoms with Gasteiger partial charge in [-0.2, -0.15) is 9.57 Å². The van der Waals surface area contributed by atoms with E-state index in [9.17, 15) is 13.2 Å². The molecule has 9 heteroatoms. The normalized spacial score (nSPS) is 14.9. The number of carbonyl (C=O) groups excluding carboxylic acids is 1. The maximum Gasteiger partial charge on any atom is 0.243 e. The van der Waals surface area contributed by atoms with Crippen LogP contribution < -0.4 is 0 Å². The smallest absolute Gasteiger partial charge is 0.243 e. The van der Waals surface area contributed by atoms with Crippen LogP contribution in [0.3, 0.4) is 0 Å². The average Bonchev–Trinajstić information content (AvgIpc) is 3.28. The van der Waals surface area contributed by atoms with Crippen molar-refractivity contribution in [1.82, 2.24) is 14.2 Å². The SMILES string of the molecule is N#Cc1ccc(S(=O)(=O)N2CCN(C(=O)Cc3coc(-c4ccccc4)n3)CC2)cc1. The summed E-state index contributed by atoms with van der Waals surface area (Å²) in [6.07, 6.45) is 1.57. The summed E-state index contributed by atoms with van der Waals surface area (Å²) in [7, 11) is -3.66. The van der Waals surface area contributed by atoms with Crippen molar-refractivity contribution in [3.8, 4) is 17.5 Å². The lowest BCUT2D eigenvalue weighted by molar-refractivity contribution is -0.131. The monoisotopic (exact) mass is 436 g/mol. The number of amides is 1. The predicted octanol–water partition coefficient (Wildman–Crippen LogP) is 2.29. The summed E-state index contributed by atoms with van der Waals surface area (Å²) in [6.45, 7) is 1.03. The van der Waals surface area contributed by atoms with Gasteiger partial charge in [-0.05, 0) is 36.4 Å². The van der Waals surface area contributed by atoms with Gasteiger partial charge in [0.25, 0.3) is 0 Å². The van der Waals surface area contributed by atoms with E-state index in [-0.39, 0.29) is 30.3 Å². The van der Waals surface area contributed by atoms with E-state index in [0.717, 1.165) is 5.56 Å². The Bertz CT molecular complexity index is 1210. The molecule has 0 saturated carbocycles. The molecule has 1 saturated heterocycles. The molecule has 0 aliphatic carbocycles.